The lowest BCUT2D eigenvalue weighted by Crippen LogP contribution is -2.35. The van der Waals surface area contributed by atoms with Crippen molar-refractivity contribution in [2.24, 2.45) is 0 Å². The van der Waals surface area contributed by atoms with Crippen molar-refractivity contribution in [2.45, 2.75) is 32.9 Å². The largest absolute Gasteiger partial charge is 0.465 e. The quantitative estimate of drug-likeness (QED) is 0.394. The number of ether oxygens (including phenoxy) is 2. The van der Waals surface area contributed by atoms with Crippen LogP contribution in [0.1, 0.15) is 52.0 Å². The van der Waals surface area contributed by atoms with Crippen LogP contribution in [0.2, 0.25) is 0 Å². The van der Waals surface area contributed by atoms with E-state index in [2.05, 4.69) is 20.9 Å². The van der Waals surface area contributed by atoms with Crippen LogP contribution in [0.25, 0.3) is 5.69 Å². The van der Waals surface area contributed by atoms with E-state index in [0.29, 0.717) is 17.3 Å². The van der Waals surface area contributed by atoms with Gasteiger partial charge in [-0.25, -0.2) is 4.79 Å². The van der Waals surface area contributed by atoms with Crippen LogP contribution in [-0.2, 0) is 14.3 Å². The first-order valence-electron chi connectivity index (χ1n) is 11.4. The van der Waals surface area contributed by atoms with Crippen molar-refractivity contribution in [3.63, 3.8) is 0 Å². The molecule has 1 N–H and O–H groups in total. The summed E-state index contributed by atoms with van der Waals surface area (Å²) in [5, 5.41) is 3.83. The molecule has 0 radical (unpaired) electrons. The van der Waals surface area contributed by atoms with Gasteiger partial charge in [0, 0.05) is 23.3 Å². The number of benzene rings is 1. The normalized spacial score (nSPS) is 17.3. The van der Waals surface area contributed by atoms with Gasteiger partial charge in [-0.2, -0.15) is 0 Å². The van der Waals surface area contributed by atoms with E-state index in [4.69, 9.17) is 21.7 Å². The number of carbonyl (C=O) groups excluding carboxylic acids is 2. The number of carbonyl (C=O) groups is 2. The Bertz CT molecular complexity index is 1260. The maximum atomic E-state index is 12.5. The number of methoxy groups -OCH3 is 1. The molecule has 0 bridgehead atoms. The Morgan fingerprint density at radius 1 is 1.14 bits per heavy atom. The van der Waals surface area contributed by atoms with Crippen LogP contribution in [0.15, 0.2) is 54.7 Å². The minimum atomic E-state index is -0.393. The Morgan fingerprint density at radius 3 is 2.63 bits per heavy atom. The molecule has 2 aromatic heterocycles. The molecule has 1 aromatic carbocycles. The Labute approximate surface area is 209 Å². The molecule has 9 heteroatoms. The maximum absolute atomic E-state index is 12.5. The van der Waals surface area contributed by atoms with Gasteiger partial charge < -0.3 is 24.3 Å². The molecule has 1 fully saturated rings. The van der Waals surface area contributed by atoms with Crippen LogP contribution in [0.3, 0.4) is 0 Å². The summed E-state index contributed by atoms with van der Waals surface area (Å²) in [7, 11) is 1.37. The van der Waals surface area contributed by atoms with Gasteiger partial charge in [-0.3, -0.25) is 9.78 Å². The molecule has 0 unspecified atom stereocenters. The van der Waals surface area contributed by atoms with Crippen LogP contribution in [0.5, 0.6) is 0 Å². The second-order valence-electron chi connectivity index (χ2n) is 8.26. The van der Waals surface area contributed by atoms with E-state index < -0.39 is 5.97 Å². The van der Waals surface area contributed by atoms with Crippen LogP contribution in [-0.4, -0.2) is 51.8 Å². The highest BCUT2D eigenvalue weighted by Gasteiger charge is 2.42. The van der Waals surface area contributed by atoms with Gasteiger partial charge >= 0.3 is 11.9 Å². The van der Waals surface area contributed by atoms with Crippen molar-refractivity contribution >= 4 is 29.3 Å². The summed E-state index contributed by atoms with van der Waals surface area (Å²) in [6.07, 6.45) is 1.74. The molecule has 3 aromatic rings. The predicted octanol–water partition coefficient (Wildman–Crippen LogP) is 3.81. The molecule has 1 saturated heterocycles. The third-order valence-corrected chi connectivity index (χ3v) is 6.47. The summed E-state index contributed by atoms with van der Waals surface area (Å²) in [6.45, 7) is 6.13. The molecular weight excluding hydrogens is 464 g/mol. The lowest BCUT2D eigenvalue weighted by molar-refractivity contribution is -0.143. The van der Waals surface area contributed by atoms with Crippen molar-refractivity contribution in [2.75, 3.05) is 20.3 Å². The van der Waals surface area contributed by atoms with Gasteiger partial charge in [-0.05, 0) is 75.0 Å². The van der Waals surface area contributed by atoms with Gasteiger partial charge in [0.1, 0.15) is 6.54 Å². The Kier molecular flexibility index (Phi) is 7.16. The Balaban J connectivity index is 1.81. The molecule has 0 spiro atoms. The summed E-state index contributed by atoms with van der Waals surface area (Å²) >= 11 is 5.65. The highest BCUT2D eigenvalue weighted by Crippen LogP contribution is 2.41. The van der Waals surface area contributed by atoms with E-state index in [1.807, 2.05) is 49.1 Å². The monoisotopic (exact) mass is 492 g/mol. The highest BCUT2D eigenvalue weighted by molar-refractivity contribution is 7.80. The SMILES string of the molecule is CCOC(=O)CN1C(=S)N[C@H](c2ccccn2)[C@H]1c1cc(C)n(-c2cccc(C(=O)OC)c2)c1C. The molecule has 0 amide bonds. The number of pyridine rings is 1. The summed E-state index contributed by atoms with van der Waals surface area (Å²) in [5.74, 6) is -0.737. The maximum Gasteiger partial charge on any atom is 0.337 e. The van der Waals surface area contributed by atoms with Crippen LogP contribution in [0.4, 0.5) is 0 Å². The van der Waals surface area contributed by atoms with E-state index in [9.17, 15) is 9.59 Å². The molecule has 0 aliphatic carbocycles. The first-order chi connectivity index (χ1) is 16.8. The number of hydrogen-bond donors (Lipinski definition) is 1. The van der Waals surface area contributed by atoms with E-state index in [0.717, 1.165) is 28.3 Å². The van der Waals surface area contributed by atoms with Gasteiger partial charge in [0.15, 0.2) is 5.11 Å². The standard InChI is InChI=1S/C26H28N4O4S/c1-5-34-22(31)15-29-24(23(28-26(29)35)21-11-6-7-12-27-21)20-13-16(2)30(17(20)3)19-10-8-9-18(14-19)25(32)33-4/h6-14,23-24H,5,15H2,1-4H3,(H,28,35)/t23-,24-/m1/s1. The third-order valence-electron chi connectivity index (χ3n) is 6.12. The second kappa shape index (κ2) is 10.3. The smallest absolute Gasteiger partial charge is 0.337 e. The first-order valence-corrected chi connectivity index (χ1v) is 11.8. The molecule has 0 saturated carbocycles. The number of hydrogen-bond acceptors (Lipinski definition) is 6. The molecule has 1 aliphatic rings. The fourth-order valence-electron chi connectivity index (χ4n) is 4.63. The summed E-state index contributed by atoms with van der Waals surface area (Å²) in [4.78, 5) is 31.0. The minimum Gasteiger partial charge on any atom is -0.465 e. The molecule has 8 nitrogen and oxygen atoms in total. The number of thiocarbonyl (C=S) groups is 1. The summed E-state index contributed by atoms with van der Waals surface area (Å²) in [5.41, 5.74) is 5.08. The average Bonchev–Trinajstić information content (AvgIpc) is 3.34. The zero-order valence-electron chi connectivity index (χ0n) is 20.1. The summed E-state index contributed by atoms with van der Waals surface area (Å²) in [6, 6.07) is 14.6. The zero-order chi connectivity index (χ0) is 25.1. The molecule has 3 heterocycles. The number of nitrogens with zero attached hydrogens (tertiary/aromatic N) is 3. The molecule has 1 aliphatic heterocycles. The zero-order valence-corrected chi connectivity index (χ0v) is 21.0. The van der Waals surface area contributed by atoms with Crippen LogP contribution < -0.4 is 5.32 Å². The van der Waals surface area contributed by atoms with Gasteiger partial charge in [0.2, 0.25) is 0 Å². The number of rotatable bonds is 7. The van der Waals surface area contributed by atoms with Gasteiger partial charge in [-0.1, -0.05) is 12.1 Å². The molecule has 35 heavy (non-hydrogen) atoms. The number of aryl methyl sites for hydroxylation is 1. The van der Waals surface area contributed by atoms with Crippen LogP contribution in [0, 0.1) is 13.8 Å². The fraction of sp³-hybridized carbons (Fsp3) is 0.308. The lowest BCUT2D eigenvalue weighted by Gasteiger charge is -2.27. The topological polar surface area (TPSA) is 85.7 Å². The van der Waals surface area contributed by atoms with Gasteiger partial charge in [-0.15, -0.1) is 0 Å². The number of esters is 2. The van der Waals surface area contributed by atoms with Crippen molar-refractivity contribution in [3.8, 4) is 5.69 Å². The van der Waals surface area contributed by atoms with Crippen molar-refractivity contribution in [1.29, 1.82) is 0 Å². The van der Waals surface area contributed by atoms with E-state index in [1.165, 1.54) is 7.11 Å². The molecule has 2 atom stereocenters. The Hall–Kier alpha value is -3.72. The van der Waals surface area contributed by atoms with Crippen LogP contribution >= 0.6 is 12.2 Å². The molecule has 4 rings (SSSR count). The molecular formula is C26H28N4O4S. The van der Waals surface area contributed by atoms with E-state index >= 15 is 0 Å². The third kappa shape index (κ3) is 4.77. The van der Waals surface area contributed by atoms with Crippen molar-refractivity contribution in [3.05, 3.63) is 82.9 Å². The lowest BCUT2D eigenvalue weighted by atomic mass is 9.97. The van der Waals surface area contributed by atoms with Gasteiger partial charge in [0.25, 0.3) is 0 Å². The summed E-state index contributed by atoms with van der Waals surface area (Å²) < 4.78 is 12.2. The van der Waals surface area contributed by atoms with E-state index in [-0.39, 0.29) is 24.6 Å². The number of aromatic nitrogens is 2. The Morgan fingerprint density at radius 2 is 1.94 bits per heavy atom. The average molecular weight is 493 g/mol. The van der Waals surface area contributed by atoms with Gasteiger partial charge in [0.05, 0.1) is 37.1 Å². The minimum absolute atomic E-state index is 0.0230. The first kappa shape index (κ1) is 24.4. The number of nitrogens with one attached hydrogen (secondary N) is 1. The van der Waals surface area contributed by atoms with E-state index in [1.54, 1.807) is 25.3 Å². The van der Waals surface area contributed by atoms with Crippen molar-refractivity contribution in [1.82, 2.24) is 19.8 Å². The predicted molar refractivity (Wildman–Crippen MR) is 135 cm³/mol. The highest BCUT2D eigenvalue weighted by atomic mass is 32.1. The fourth-order valence-corrected chi connectivity index (χ4v) is 4.94. The molecule has 182 valence electrons. The second-order valence-corrected chi connectivity index (χ2v) is 8.65. The van der Waals surface area contributed by atoms with Crippen molar-refractivity contribution < 1.29 is 19.1 Å².